The second kappa shape index (κ2) is 4.37. The molecule has 0 saturated heterocycles. The maximum atomic E-state index is 11.0. The summed E-state index contributed by atoms with van der Waals surface area (Å²) in [5.41, 5.74) is 1.90. The molecule has 0 atom stereocenters. The van der Waals surface area contributed by atoms with Crippen molar-refractivity contribution < 1.29 is 14.5 Å². The first-order valence-corrected chi connectivity index (χ1v) is 5.89. The number of hydrogen-bond acceptors (Lipinski definition) is 3. The predicted molar refractivity (Wildman–Crippen MR) is 60.1 cm³/mol. The molecule has 0 radical (unpaired) electrons. The summed E-state index contributed by atoms with van der Waals surface area (Å²) in [7, 11) is 1.56. The van der Waals surface area contributed by atoms with Gasteiger partial charge in [-0.25, -0.2) is 0 Å². The van der Waals surface area contributed by atoms with E-state index in [4.69, 9.17) is 4.84 Å². The van der Waals surface area contributed by atoms with Gasteiger partial charge in [0.15, 0.2) is 4.47 Å². The Labute approximate surface area is 101 Å². The van der Waals surface area contributed by atoms with Crippen LogP contribution in [-0.2, 0) is 12.8 Å². The van der Waals surface area contributed by atoms with Crippen LogP contribution in [0.5, 0.6) is 0 Å². The summed E-state index contributed by atoms with van der Waals surface area (Å²) >= 11 is 3.23. The SMILES string of the molecule is CO[n+]1cc(Br)c([N+](=O)[O-])c2c1CCCC2. The number of nitro groups is 1. The molecular formula is C10H12BrN2O3+. The van der Waals surface area contributed by atoms with Crippen molar-refractivity contribution in [1.29, 1.82) is 0 Å². The average molecular weight is 288 g/mol. The molecule has 0 N–H and O–H groups in total. The highest BCUT2D eigenvalue weighted by atomic mass is 79.9. The van der Waals surface area contributed by atoms with E-state index in [9.17, 15) is 10.1 Å². The van der Waals surface area contributed by atoms with Crippen molar-refractivity contribution in [3.05, 3.63) is 32.0 Å². The first kappa shape index (κ1) is 11.3. The Morgan fingerprint density at radius 2 is 2.19 bits per heavy atom. The molecule has 0 fully saturated rings. The molecule has 0 amide bonds. The first-order valence-electron chi connectivity index (χ1n) is 5.10. The molecule has 0 aliphatic heterocycles. The third-order valence-electron chi connectivity index (χ3n) is 2.83. The van der Waals surface area contributed by atoms with Gasteiger partial charge in [0.1, 0.15) is 12.7 Å². The molecule has 5 nitrogen and oxygen atoms in total. The Bertz CT molecular complexity index is 448. The van der Waals surface area contributed by atoms with Gasteiger partial charge in [0.05, 0.1) is 4.92 Å². The summed E-state index contributed by atoms with van der Waals surface area (Å²) in [5.74, 6) is 0. The number of nitrogens with zero attached hydrogens (tertiary/aromatic N) is 2. The van der Waals surface area contributed by atoms with Crippen LogP contribution < -0.4 is 9.57 Å². The fourth-order valence-electron chi connectivity index (χ4n) is 2.13. The van der Waals surface area contributed by atoms with Gasteiger partial charge in [-0.15, -0.1) is 0 Å². The van der Waals surface area contributed by atoms with Crippen LogP contribution in [0.25, 0.3) is 0 Å². The molecule has 2 rings (SSSR count). The van der Waals surface area contributed by atoms with Gasteiger partial charge in [0.25, 0.3) is 5.69 Å². The zero-order valence-corrected chi connectivity index (χ0v) is 10.5. The van der Waals surface area contributed by atoms with Crippen LogP contribution in [0.15, 0.2) is 10.7 Å². The minimum absolute atomic E-state index is 0.183. The van der Waals surface area contributed by atoms with Gasteiger partial charge in [-0.2, -0.15) is 0 Å². The molecule has 6 heteroatoms. The summed E-state index contributed by atoms with van der Waals surface area (Å²) in [6, 6.07) is 0. The van der Waals surface area contributed by atoms with Crippen molar-refractivity contribution in [2.75, 3.05) is 7.11 Å². The number of aromatic nitrogens is 1. The van der Waals surface area contributed by atoms with Gasteiger partial charge in [0.2, 0.25) is 11.9 Å². The second-order valence-corrected chi connectivity index (χ2v) is 4.58. The van der Waals surface area contributed by atoms with Gasteiger partial charge >= 0.3 is 0 Å². The Hall–Kier alpha value is -1.17. The topological polar surface area (TPSA) is 56.2 Å². The number of rotatable bonds is 2. The van der Waals surface area contributed by atoms with Crippen LogP contribution in [0.2, 0.25) is 0 Å². The average Bonchev–Trinajstić information content (AvgIpc) is 2.27. The molecule has 1 aromatic heterocycles. The lowest BCUT2D eigenvalue weighted by molar-refractivity contribution is -0.891. The second-order valence-electron chi connectivity index (χ2n) is 3.72. The molecule has 1 aromatic rings. The normalized spacial score (nSPS) is 14.4. The van der Waals surface area contributed by atoms with Crippen molar-refractivity contribution in [2.24, 2.45) is 0 Å². The molecule has 1 heterocycles. The third kappa shape index (κ3) is 1.77. The van der Waals surface area contributed by atoms with Crippen LogP contribution in [-0.4, -0.2) is 12.0 Å². The Kier molecular flexibility index (Phi) is 3.09. The third-order valence-corrected chi connectivity index (χ3v) is 3.41. The van der Waals surface area contributed by atoms with Crippen LogP contribution in [0, 0.1) is 10.1 Å². The summed E-state index contributed by atoms with van der Waals surface area (Å²) in [6.07, 6.45) is 5.23. The number of hydrogen-bond donors (Lipinski definition) is 0. The van der Waals surface area contributed by atoms with E-state index < -0.39 is 0 Å². The Balaban J connectivity index is 2.67. The summed E-state index contributed by atoms with van der Waals surface area (Å²) < 4.78 is 2.09. The molecule has 86 valence electrons. The van der Waals surface area contributed by atoms with E-state index in [0.717, 1.165) is 36.9 Å². The van der Waals surface area contributed by atoms with Crippen LogP contribution in [0.4, 0.5) is 5.69 Å². The van der Waals surface area contributed by atoms with Gasteiger partial charge in [0, 0.05) is 11.2 Å². The van der Waals surface area contributed by atoms with E-state index in [0.29, 0.717) is 4.47 Å². The fraction of sp³-hybridized carbons (Fsp3) is 0.500. The smallest absolute Gasteiger partial charge is 0.274 e. The molecule has 0 spiro atoms. The van der Waals surface area contributed by atoms with E-state index in [1.54, 1.807) is 18.0 Å². The number of fused-ring (bicyclic) bond motifs is 1. The Morgan fingerprint density at radius 3 is 2.81 bits per heavy atom. The highest BCUT2D eigenvalue weighted by molar-refractivity contribution is 9.10. The van der Waals surface area contributed by atoms with E-state index in [1.165, 1.54) is 0 Å². The molecule has 0 unspecified atom stereocenters. The predicted octanol–water partition coefficient (Wildman–Crippen LogP) is 1.58. The Morgan fingerprint density at radius 1 is 1.50 bits per heavy atom. The standard InChI is InChI=1S/C10H12BrN2O3/c1-16-12-6-8(11)10(13(14)15)7-4-2-3-5-9(7)12/h6H,2-5H2,1H3/q+1. The summed E-state index contributed by atoms with van der Waals surface area (Å²) in [4.78, 5) is 15.9. The largest absolute Gasteiger partial charge is 0.299 e. The maximum absolute atomic E-state index is 11.0. The molecule has 16 heavy (non-hydrogen) atoms. The zero-order valence-electron chi connectivity index (χ0n) is 8.90. The molecule has 0 aromatic carbocycles. The lowest BCUT2D eigenvalue weighted by atomic mass is 9.95. The fourth-order valence-corrected chi connectivity index (χ4v) is 2.70. The molecule has 1 aliphatic carbocycles. The van der Waals surface area contributed by atoms with Crippen molar-refractivity contribution >= 4 is 21.6 Å². The quantitative estimate of drug-likeness (QED) is 0.471. The molecule has 0 bridgehead atoms. The van der Waals surface area contributed by atoms with Gasteiger partial charge in [-0.1, -0.05) is 0 Å². The molecule has 0 saturated carbocycles. The lowest BCUT2D eigenvalue weighted by Crippen LogP contribution is -2.46. The van der Waals surface area contributed by atoms with Gasteiger partial charge in [-0.3, -0.25) is 15.0 Å². The van der Waals surface area contributed by atoms with Crippen LogP contribution in [0.1, 0.15) is 24.1 Å². The van der Waals surface area contributed by atoms with Gasteiger partial charge in [-0.05, 0) is 35.2 Å². The van der Waals surface area contributed by atoms with E-state index in [2.05, 4.69) is 15.9 Å². The minimum Gasteiger partial charge on any atom is -0.274 e. The van der Waals surface area contributed by atoms with E-state index in [1.807, 2.05) is 0 Å². The van der Waals surface area contributed by atoms with Gasteiger partial charge < -0.3 is 0 Å². The molecule has 1 aliphatic rings. The summed E-state index contributed by atoms with van der Waals surface area (Å²) in [5, 5.41) is 11.0. The summed E-state index contributed by atoms with van der Waals surface area (Å²) in [6.45, 7) is 0. The molecular weight excluding hydrogens is 276 g/mol. The van der Waals surface area contributed by atoms with Crippen LogP contribution >= 0.6 is 15.9 Å². The van der Waals surface area contributed by atoms with Crippen molar-refractivity contribution in [3.63, 3.8) is 0 Å². The monoisotopic (exact) mass is 287 g/mol. The van der Waals surface area contributed by atoms with E-state index >= 15 is 0 Å². The van der Waals surface area contributed by atoms with Crippen molar-refractivity contribution in [2.45, 2.75) is 25.7 Å². The maximum Gasteiger partial charge on any atom is 0.299 e. The van der Waals surface area contributed by atoms with Crippen molar-refractivity contribution in [1.82, 2.24) is 0 Å². The zero-order chi connectivity index (χ0) is 11.7. The minimum atomic E-state index is -0.325. The van der Waals surface area contributed by atoms with E-state index in [-0.39, 0.29) is 10.6 Å². The van der Waals surface area contributed by atoms with Crippen LogP contribution in [0.3, 0.4) is 0 Å². The number of pyridine rings is 1. The first-order chi connectivity index (χ1) is 7.65. The lowest BCUT2D eigenvalue weighted by Gasteiger charge is -2.12. The highest BCUT2D eigenvalue weighted by Crippen LogP contribution is 2.33. The number of halogens is 1. The highest BCUT2D eigenvalue weighted by Gasteiger charge is 2.33. The van der Waals surface area contributed by atoms with Crippen molar-refractivity contribution in [3.8, 4) is 0 Å².